The Morgan fingerprint density at radius 1 is 1.32 bits per heavy atom. The molecular weight excluding hydrogens is 316 g/mol. The molecule has 0 saturated carbocycles. The van der Waals surface area contributed by atoms with Gasteiger partial charge in [-0.2, -0.15) is 0 Å². The summed E-state index contributed by atoms with van der Waals surface area (Å²) in [4.78, 5) is 33.5. The highest BCUT2D eigenvalue weighted by Crippen LogP contribution is 2.21. The van der Waals surface area contributed by atoms with E-state index in [9.17, 15) is 9.59 Å². The van der Waals surface area contributed by atoms with E-state index in [2.05, 4.69) is 15.3 Å². The van der Waals surface area contributed by atoms with Crippen LogP contribution in [0.5, 0.6) is 0 Å². The Morgan fingerprint density at radius 2 is 2.08 bits per heavy atom. The summed E-state index contributed by atoms with van der Waals surface area (Å²) < 4.78 is 0. The largest absolute Gasteiger partial charge is 0.346 e. The summed E-state index contributed by atoms with van der Waals surface area (Å²) in [6.45, 7) is 4.71. The van der Waals surface area contributed by atoms with E-state index >= 15 is 0 Å². The number of aromatic amines is 1. The lowest BCUT2D eigenvalue weighted by Gasteiger charge is -2.31. The molecule has 132 valence electrons. The van der Waals surface area contributed by atoms with Crippen LogP contribution in [-0.2, 0) is 9.59 Å². The molecule has 2 aromatic rings. The number of rotatable bonds is 4. The summed E-state index contributed by atoms with van der Waals surface area (Å²) in [5.41, 5.74) is 1.99. The van der Waals surface area contributed by atoms with Crippen molar-refractivity contribution in [2.45, 2.75) is 32.7 Å². The fourth-order valence-corrected chi connectivity index (χ4v) is 3.20. The predicted molar refractivity (Wildman–Crippen MR) is 95.6 cm³/mol. The number of benzene rings is 1. The molecule has 2 atom stereocenters. The number of aromatic nitrogens is 2. The molecule has 6 heteroatoms. The molecule has 2 amide bonds. The van der Waals surface area contributed by atoms with Gasteiger partial charge in [0.25, 0.3) is 0 Å². The summed E-state index contributed by atoms with van der Waals surface area (Å²) in [6.07, 6.45) is 3.46. The molecule has 2 heterocycles. The molecule has 0 unspecified atom stereocenters. The van der Waals surface area contributed by atoms with E-state index in [0.29, 0.717) is 6.54 Å². The summed E-state index contributed by atoms with van der Waals surface area (Å²) in [7, 11) is 0. The zero-order chi connectivity index (χ0) is 17.8. The Morgan fingerprint density at radius 3 is 2.80 bits per heavy atom. The van der Waals surface area contributed by atoms with Crippen molar-refractivity contribution >= 4 is 11.8 Å². The smallest absolute Gasteiger partial charge is 0.225 e. The van der Waals surface area contributed by atoms with Crippen molar-refractivity contribution < 1.29 is 9.59 Å². The molecule has 0 aliphatic carbocycles. The second-order valence-electron chi connectivity index (χ2n) is 6.58. The van der Waals surface area contributed by atoms with Gasteiger partial charge in [-0.15, -0.1) is 0 Å². The van der Waals surface area contributed by atoms with Crippen molar-refractivity contribution in [1.82, 2.24) is 20.2 Å². The third kappa shape index (κ3) is 4.07. The lowest BCUT2D eigenvalue weighted by atomic mass is 9.97. The maximum atomic E-state index is 12.5. The van der Waals surface area contributed by atoms with Crippen LogP contribution in [0.1, 0.15) is 38.6 Å². The summed E-state index contributed by atoms with van der Waals surface area (Å²) in [5.74, 6) is 0.593. The van der Waals surface area contributed by atoms with Gasteiger partial charge >= 0.3 is 0 Å². The maximum Gasteiger partial charge on any atom is 0.225 e. The highest BCUT2D eigenvalue weighted by molar-refractivity contribution is 5.81. The monoisotopic (exact) mass is 340 g/mol. The molecule has 0 spiro atoms. The zero-order valence-corrected chi connectivity index (χ0v) is 14.7. The molecule has 1 saturated heterocycles. The molecule has 1 fully saturated rings. The molecule has 1 aliphatic heterocycles. The number of nitrogens with zero attached hydrogens (tertiary/aromatic N) is 2. The van der Waals surface area contributed by atoms with Crippen LogP contribution in [0.25, 0.3) is 11.3 Å². The molecule has 3 rings (SSSR count). The van der Waals surface area contributed by atoms with Crippen molar-refractivity contribution in [3.8, 4) is 11.3 Å². The molecule has 1 aromatic heterocycles. The van der Waals surface area contributed by atoms with Gasteiger partial charge in [-0.3, -0.25) is 9.59 Å². The normalized spacial score (nSPS) is 18.6. The molecular formula is C19H24N4O2. The molecule has 1 aliphatic rings. The third-order valence-corrected chi connectivity index (χ3v) is 4.69. The lowest BCUT2D eigenvalue weighted by Crippen LogP contribution is -2.45. The first-order chi connectivity index (χ1) is 12.0. The Hall–Kier alpha value is -2.63. The Bertz CT molecular complexity index is 741. The van der Waals surface area contributed by atoms with Crippen molar-refractivity contribution in [3.05, 3.63) is 42.4 Å². The molecule has 0 radical (unpaired) electrons. The van der Waals surface area contributed by atoms with Gasteiger partial charge < -0.3 is 15.2 Å². The summed E-state index contributed by atoms with van der Waals surface area (Å²) in [6, 6.07) is 9.74. The topological polar surface area (TPSA) is 78.1 Å². The van der Waals surface area contributed by atoms with Gasteiger partial charge in [0.2, 0.25) is 11.8 Å². The minimum atomic E-state index is -0.210. The number of likely N-dealkylation sites (tertiary alicyclic amines) is 1. The fraction of sp³-hybridized carbons (Fsp3) is 0.421. The number of amides is 2. The van der Waals surface area contributed by atoms with Gasteiger partial charge in [0.15, 0.2) is 0 Å². The SMILES string of the molecule is CC(=O)N1CCC[C@H](C(=O)N[C@@H](C)c2ncc(-c3ccccc3)[nH]2)C1. The van der Waals surface area contributed by atoms with Crippen LogP contribution in [0, 0.1) is 5.92 Å². The number of carbonyl (C=O) groups is 2. The van der Waals surface area contributed by atoms with Crippen molar-refractivity contribution in [2.75, 3.05) is 13.1 Å². The van der Waals surface area contributed by atoms with Crippen molar-refractivity contribution in [3.63, 3.8) is 0 Å². The number of piperidine rings is 1. The van der Waals surface area contributed by atoms with Crippen LogP contribution >= 0.6 is 0 Å². The first-order valence-electron chi connectivity index (χ1n) is 8.71. The molecule has 25 heavy (non-hydrogen) atoms. The van der Waals surface area contributed by atoms with E-state index in [1.165, 1.54) is 0 Å². The van der Waals surface area contributed by atoms with Gasteiger partial charge in [0, 0.05) is 20.0 Å². The van der Waals surface area contributed by atoms with Gasteiger partial charge in [-0.05, 0) is 25.3 Å². The van der Waals surface area contributed by atoms with Crippen molar-refractivity contribution in [1.29, 1.82) is 0 Å². The Balaban J connectivity index is 1.62. The van der Waals surface area contributed by atoms with Crippen LogP contribution in [-0.4, -0.2) is 39.8 Å². The molecule has 6 nitrogen and oxygen atoms in total. The zero-order valence-electron chi connectivity index (χ0n) is 14.7. The fourth-order valence-electron chi connectivity index (χ4n) is 3.20. The quantitative estimate of drug-likeness (QED) is 0.898. The molecule has 1 aromatic carbocycles. The highest BCUT2D eigenvalue weighted by atomic mass is 16.2. The van der Waals surface area contributed by atoms with Gasteiger partial charge in [0.1, 0.15) is 5.82 Å². The maximum absolute atomic E-state index is 12.5. The number of imidazole rings is 1. The molecule has 0 bridgehead atoms. The number of nitrogens with one attached hydrogen (secondary N) is 2. The van der Waals surface area contributed by atoms with E-state index in [4.69, 9.17) is 0 Å². The van der Waals surface area contributed by atoms with Crippen LogP contribution in [0.15, 0.2) is 36.5 Å². The Labute approximate surface area is 147 Å². The molecule has 2 N–H and O–H groups in total. The highest BCUT2D eigenvalue weighted by Gasteiger charge is 2.28. The standard InChI is InChI=1S/C19H24N4O2/c1-13(18-20-11-17(22-18)15-7-4-3-5-8-15)21-19(25)16-9-6-10-23(12-16)14(2)24/h3-5,7-8,11,13,16H,6,9-10,12H2,1-2H3,(H,20,22)(H,21,25)/t13-,16-/m0/s1. The van der Waals surface area contributed by atoms with Crippen molar-refractivity contribution in [2.24, 2.45) is 5.92 Å². The average Bonchev–Trinajstić information content (AvgIpc) is 3.13. The van der Waals surface area contributed by atoms with E-state index in [-0.39, 0.29) is 23.8 Å². The minimum Gasteiger partial charge on any atom is -0.346 e. The van der Waals surface area contributed by atoms with Gasteiger partial charge in [-0.25, -0.2) is 4.98 Å². The van der Waals surface area contributed by atoms with E-state index in [1.54, 1.807) is 18.0 Å². The predicted octanol–water partition coefficient (Wildman–Crippen LogP) is 2.51. The summed E-state index contributed by atoms with van der Waals surface area (Å²) >= 11 is 0. The van der Waals surface area contributed by atoms with E-state index < -0.39 is 0 Å². The van der Waals surface area contributed by atoms with E-state index in [0.717, 1.165) is 36.5 Å². The first-order valence-corrected chi connectivity index (χ1v) is 8.71. The third-order valence-electron chi connectivity index (χ3n) is 4.69. The summed E-state index contributed by atoms with van der Waals surface area (Å²) in [5, 5.41) is 3.02. The lowest BCUT2D eigenvalue weighted by molar-refractivity contribution is -0.134. The second-order valence-corrected chi connectivity index (χ2v) is 6.58. The van der Waals surface area contributed by atoms with Gasteiger partial charge in [0.05, 0.1) is 23.9 Å². The number of hydrogen-bond acceptors (Lipinski definition) is 3. The van der Waals surface area contributed by atoms with Gasteiger partial charge in [-0.1, -0.05) is 30.3 Å². The van der Waals surface area contributed by atoms with Crippen LogP contribution in [0.4, 0.5) is 0 Å². The Kier molecular flexibility index (Phi) is 5.16. The number of hydrogen-bond donors (Lipinski definition) is 2. The minimum absolute atomic E-state index is 0.0175. The van der Waals surface area contributed by atoms with E-state index in [1.807, 2.05) is 37.3 Å². The number of H-pyrrole nitrogens is 1. The average molecular weight is 340 g/mol. The first kappa shape index (κ1) is 17.2. The van der Waals surface area contributed by atoms with Crippen LogP contribution in [0.3, 0.4) is 0 Å². The van der Waals surface area contributed by atoms with Crippen LogP contribution < -0.4 is 5.32 Å². The van der Waals surface area contributed by atoms with Crippen LogP contribution in [0.2, 0.25) is 0 Å². The second kappa shape index (κ2) is 7.51. The number of carbonyl (C=O) groups excluding carboxylic acids is 2.